The van der Waals surface area contributed by atoms with Gasteiger partial charge in [-0.05, 0) is 29.7 Å². The summed E-state index contributed by atoms with van der Waals surface area (Å²) in [6, 6.07) is 11.6. The van der Waals surface area contributed by atoms with Crippen molar-refractivity contribution >= 4 is 5.97 Å². The highest BCUT2D eigenvalue weighted by molar-refractivity contribution is 5.80. The van der Waals surface area contributed by atoms with Crippen LogP contribution in [0.15, 0.2) is 48.8 Å². The van der Waals surface area contributed by atoms with E-state index in [9.17, 15) is 4.79 Å². The van der Waals surface area contributed by atoms with Crippen molar-refractivity contribution in [2.24, 2.45) is 0 Å². The second-order valence-electron chi connectivity index (χ2n) is 3.89. The number of aliphatic carboxylic acids is 1. The number of benzene rings is 1. The Balaban J connectivity index is 2.52. The van der Waals surface area contributed by atoms with Crippen LogP contribution >= 0.6 is 0 Å². The molecular formula is C14H13NO2. The lowest BCUT2D eigenvalue weighted by atomic mass is 9.93. The van der Waals surface area contributed by atoms with Gasteiger partial charge in [-0.1, -0.05) is 30.3 Å². The van der Waals surface area contributed by atoms with Gasteiger partial charge in [0, 0.05) is 12.4 Å². The van der Waals surface area contributed by atoms with Crippen molar-refractivity contribution < 1.29 is 9.90 Å². The van der Waals surface area contributed by atoms with E-state index in [1.807, 2.05) is 36.4 Å². The smallest absolute Gasteiger partial charge is 0.310 e. The molecule has 3 heteroatoms. The van der Waals surface area contributed by atoms with Crippen LogP contribution in [0.25, 0.3) is 11.1 Å². The summed E-state index contributed by atoms with van der Waals surface area (Å²) in [4.78, 5) is 15.1. The number of rotatable bonds is 3. The lowest BCUT2D eigenvalue weighted by molar-refractivity contribution is -0.138. The van der Waals surface area contributed by atoms with Gasteiger partial charge in [0.1, 0.15) is 0 Å². The van der Waals surface area contributed by atoms with Crippen LogP contribution in [0, 0.1) is 0 Å². The first kappa shape index (κ1) is 11.3. The molecule has 0 aliphatic carbocycles. The molecule has 0 aliphatic heterocycles. The zero-order valence-corrected chi connectivity index (χ0v) is 9.50. The summed E-state index contributed by atoms with van der Waals surface area (Å²) < 4.78 is 0. The van der Waals surface area contributed by atoms with E-state index in [2.05, 4.69) is 4.98 Å². The van der Waals surface area contributed by atoms with E-state index in [-0.39, 0.29) is 0 Å². The standard InChI is InChI=1S/C14H13NO2/c1-10(14(16)17)13-9-15-8-7-12(13)11-5-3-2-4-6-11/h2-10H,1H3,(H,16,17). The fourth-order valence-corrected chi connectivity index (χ4v) is 1.77. The highest BCUT2D eigenvalue weighted by atomic mass is 16.4. The highest BCUT2D eigenvalue weighted by Gasteiger charge is 2.17. The molecule has 1 heterocycles. The molecule has 0 radical (unpaired) electrons. The Morgan fingerprint density at radius 3 is 2.59 bits per heavy atom. The number of carboxylic acid groups (broad SMARTS) is 1. The molecule has 2 aromatic rings. The van der Waals surface area contributed by atoms with E-state index in [0.29, 0.717) is 0 Å². The number of hydrogen-bond acceptors (Lipinski definition) is 2. The maximum Gasteiger partial charge on any atom is 0.310 e. The maximum absolute atomic E-state index is 11.1. The molecule has 0 fully saturated rings. The maximum atomic E-state index is 11.1. The van der Waals surface area contributed by atoms with Gasteiger partial charge in [-0.3, -0.25) is 9.78 Å². The zero-order chi connectivity index (χ0) is 12.3. The Kier molecular flexibility index (Phi) is 3.19. The topological polar surface area (TPSA) is 50.2 Å². The molecule has 2 rings (SSSR count). The summed E-state index contributed by atoms with van der Waals surface area (Å²) in [5.41, 5.74) is 2.68. The molecule has 86 valence electrons. The minimum atomic E-state index is -0.838. The van der Waals surface area contributed by atoms with E-state index in [4.69, 9.17) is 5.11 Å². The summed E-state index contributed by atoms with van der Waals surface area (Å²) >= 11 is 0. The number of carbonyl (C=O) groups is 1. The molecule has 0 spiro atoms. The molecule has 3 nitrogen and oxygen atoms in total. The predicted octanol–water partition coefficient (Wildman–Crippen LogP) is 2.94. The van der Waals surface area contributed by atoms with Crippen LogP contribution in [0.5, 0.6) is 0 Å². The number of pyridine rings is 1. The summed E-state index contributed by atoms with van der Waals surface area (Å²) in [7, 11) is 0. The molecular weight excluding hydrogens is 214 g/mol. The van der Waals surface area contributed by atoms with E-state index in [1.54, 1.807) is 19.3 Å². The van der Waals surface area contributed by atoms with Gasteiger partial charge in [0.2, 0.25) is 0 Å². The van der Waals surface area contributed by atoms with E-state index in [1.165, 1.54) is 0 Å². The van der Waals surface area contributed by atoms with Crippen LogP contribution < -0.4 is 0 Å². The van der Waals surface area contributed by atoms with E-state index < -0.39 is 11.9 Å². The Hall–Kier alpha value is -2.16. The van der Waals surface area contributed by atoms with Gasteiger partial charge < -0.3 is 5.11 Å². The lowest BCUT2D eigenvalue weighted by Crippen LogP contribution is -2.09. The molecule has 1 atom stereocenters. The second-order valence-corrected chi connectivity index (χ2v) is 3.89. The molecule has 0 amide bonds. The van der Waals surface area contributed by atoms with Gasteiger partial charge >= 0.3 is 5.97 Å². The van der Waals surface area contributed by atoms with Crippen molar-refractivity contribution in [1.82, 2.24) is 4.98 Å². The third-order valence-electron chi connectivity index (χ3n) is 2.77. The molecule has 1 unspecified atom stereocenters. The SMILES string of the molecule is CC(C(=O)O)c1cnccc1-c1ccccc1. The van der Waals surface area contributed by atoms with Crippen molar-refractivity contribution in [2.45, 2.75) is 12.8 Å². The largest absolute Gasteiger partial charge is 0.481 e. The Bertz CT molecular complexity index is 523. The van der Waals surface area contributed by atoms with Crippen molar-refractivity contribution in [3.63, 3.8) is 0 Å². The van der Waals surface area contributed by atoms with Crippen molar-refractivity contribution in [3.05, 3.63) is 54.4 Å². The Morgan fingerprint density at radius 1 is 1.24 bits per heavy atom. The minimum Gasteiger partial charge on any atom is -0.481 e. The van der Waals surface area contributed by atoms with Crippen LogP contribution in [-0.4, -0.2) is 16.1 Å². The molecule has 0 saturated heterocycles. The van der Waals surface area contributed by atoms with Gasteiger partial charge in [-0.25, -0.2) is 0 Å². The zero-order valence-electron chi connectivity index (χ0n) is 9.50. The first-order valence-corrected chi connectivity index (χ1v) is 5.42. The monoisotopic (exact) mass is 227 g/mol. The normalized spacial score (nSPS) is 12.1. The van der Waals surface area contributed by atoms with Crippen LogP contribution in [-0.2, 0) is 4.79 Å². The average Bonchev–Trinajstić information content (AvgIpc) is 2.39. The third kappa shape index (κ3) is 2.33. The Labute approximate surface area is 99.8 Å². The van der Waals surface area contributed by atoms with Crippen molar-refractivity contribution in [3.8, 4) is 11.1 Å². The summed E-state index contributed by atoms with van der Waals surface area (Å²) in [5, 5.41) is 9.08. The first-order chi connectivity index (χ1) is 8.20. The molecule has 17 heavy (non-hydrogen) atoms. The second kappa shape index (κ2) is 4.78. The number of carboxylic acids is 1. The van der Waals surface area contributed by atoms with E-state index >= 15 is 0 Å². The average molecular weight is 227 g/mol. The van der Waals surface area contributed by atoms with Gasteiger partial charge in [0.25, 0.3) is 0 Å². The van der Waals surface area contributed by atoms with Crippen LogP contribution in [0.4, 0.5) is 0 Å². The lowest BCUT2D eigenvalue weighted by Gasteiger charge is -2.12. The van der Waals surface area contributed by atoms with Crippen molar-refractivity contribution in [1.29, 1.82) is 0 Å². The highest BCUT2D eigenvalue weighted by Crippen LogP contribution is 2.28. The predicted molar refractivity (Wildman–Crippen MR) is 65.7 cm³/mol. The van der Waals surface area contributed by atoms with Gasteiger partial charge in [-0.2, -0.15) is 0 Å². The fourth-order valence-electron chi connectivity index (χ4n) is 1.77. The van der Waals surface area contributed by atoms with Gasteiger partial charge in [-0.15, -0.1) is 0 Å². The van der Waals surface area contributed by atoms with Crippen LogP contribution in [0.3, 0.4) is 0 Å². The quantitative estimate of drug-likeness (QED) is 0.877. The number of hydrogen-bond donors (Lipinski definition) is 1. The van der Waals surface area contributed by atoms with Crippen molar-refractivity contribution in [2.75, 3.05) is 0 Å². The summed E-state index contributed by atoms with van der Waals surface area (Å²) in [5.74, 6) is -1.39. The van der Waals surface area contributed by atoms with Crippen LogP contribution in [0.2, 0.25) is 0 Å². The summed E-state index contributed by atoms with van der Waals surface area (Å²) in [6.45, 7) is 1.67. The van der Waals surface area contributed by atoms with Crippen LogP contribution in [0.1, 0.15) is 18.4 Å². The first-order valence-electron chi connectivity index (χ1n) is 5.42. The minimum absolute atomic E-state index is 0.557. The number of nitrogens with zero attached hydrogens (tertiary/aromatic N) is 1. The van der Waals surface area contributed by atoms with Gasteiger partial charge in [0.15, 0.2) is 0 Å². The molecule has 0 bridgehead atoms. The fraction of sp³-hybridized carbons (Fsp3) is 0.143. The third-order valence-corrected chi connectivity index (χ3v) is 2.77. The molecule has 1 aromatic heterocycles. The van der Waals surface area contributed by atoms with E-state index in [0.717, 1.165) is 16.7 Å². The molecule has 1 aromatic carbocycles. The number of aromatic nitrogens is 1. The Morgan fingerprint density at radius 2 is 1.94 bits per heavy atom. The molecule has 0 saturated carbocycles. The molecule has 1 N–H and O–H groups in total. The molecule has 0 aliphatic rings. The van der Waals surface area contributed by atoms with Gasteiger partial charge in [0.05, 0.1) is 5.92 Å². The summed E-state index contributed by atoms with van der Waals surface area (Å²) in [6.07, 6.45) is 3.31.